The van der Waals surface area contributed by atoms with E-state index in [0.29, 0.717) is 22.3 Å². The zero-order valence-corrected chi connectivity index (χ0v) is 16.4. The molecule has 1 fully saturated rings. The van der Waals surface area contributed by atoms with Crippen LogP contribution in [0.1, 0.15) is 30.0 Å². The molecule has 0 unspecified atom stereocenters. The highest BCUT2D eigenvalue weighted by Crippen LogP contribution is 2.40. The highest BCUT2D eigenvalue weighted by molar-refractivity contribution is 6.31. The Kier molecular flexibility index (Phi) is 5.62. The van der Waals surface area contributed by atoms with E-state index in [-0.39, 0.29) is 13.0 Å². The number of hydrogen-bond acceptors (Lipinski definition) is 4. The van der Waals surface area contributed by atoms with Gasteiger partial charge in [0.2, 0.25) is 0 Å². The van der Waals surface area contributed by atoms with Crippen molar-refractivity contribution in [1.29, 1.82) is 0 Å². The molecule has 6 nitrogen and oxygen atoms in total. The molecule has 148 valence electrons. The van der Waals surface area contributed by atoms with Gasteiger partial charge in [-0.2, -0.15) is 5.10 Å². The van der Waals surface area contributed by atoms with Gasteiger partial charge in [-0.1, -0.05) is 48.0 Å². The molecule has 1 aromatic heterocycles. The maximum absolute atomic E-state index is 12.4. The Labute approximate surface area is 173 Å². The zero-order chi connectivity index (χ0) is 20.2. The number of anilines is 1. The molecule has 1 heterocycles. The fourth-order valence-corrected chi connectivity index (χ4v) is 3.21. The van der Waals surface area contributed by atoms with Crippen molar-refractivity contribution >= 4 is 29.3 Å². The van der Waals surface area contributed by atoms with Gasteiger partial charge in [-0.3, -0.25) is 9.59 Å². The number of carbonyl (C=O) groups is 2. The monoisotopic (exact) mass is 409 g/mol. The topological polar surface area (TPSA) is 73.2 Å². The highest BCUT2D eigenvalue weighted by atomic mass is 35.5. The van der Waals surface area contributed by atoms with Crippen LogP contribution in [-0.2, 0) is 20.7 Å². The Bertz CT molecular complexity index is 1030. The first-order chi connectivity index (χ1) is 14.1. The highest BCUT2D eigenvalue weighted by Gasteiger charge is 2.28. The molecular formula is C22H20ClN3O3. The number of esters is 1. The fraction of sp³-hybridized carbons (Fsp3) is 0.227. The molecule has 3 aromatic rings. The number of nitrogens with one attached hydrogen (secondary N) is 1. The van der Waals surface area contributed by atoms with Crippen LogP contribution in [0.4, 0.5) is 5.82 Å². The van der Waals surface area contributed by atoms with Crippen molar-refractivity contribution in [1.82, 2.24) is 9.78 Å². The third-order valence-corrected chi connectivity index (χ3v) is 5.02. The average Bonchev–Trinajstić information content (AvgIpc) is 3.50. The lowest BCUT2D eigenvalue weighted by atomic mass is 10.1. The number of ether oxygens (including phenoxy) is 1. The van der Waals surface area contributed by atoms with Crippen LogP contribution in [0, 0.1) is 0 Å². The van der Waals surface area contributed by atoms with E-state index < -0.39 is 11.9 Å². The lowest BCUT2D eigenvalue weighted by molar-refractivity contribution is -0.146. The van der Waals surface area contributed by atoms with Crippen molar-refractivity contribution in [2.45, 2.75) is 25.2 Å². The number of aromatic nitrogens is 2. The van der Waals surface area contributed by atoms with Crippen LogP contribution in [-0.4, -0.2) is 28.3 Å². The number of amides is 1. The first-order valence-corrected chi connectivity index (χ1v) is 9.82. The van der Waals surface area contributed by atoms with Crippen LogP contribution in [0.15, 0.2) is 60.7 Å². The van der Waals surface area contributed by atoms with E-state index in [1.165, 1.54) is 0 Å². The van der Waals surface area contributed by atoms with Gasteiger partial charge in [-0.25, -0.2) is 4.68 Å². The maximum Gasteiger partial charge on any atom is 0.310 e. The summed E-state index contributed by atoms with van der Waals surface area (Å²) in [6, 6.07) is 18.5. The number of benzene rings is 2. The van der Waals surface area contributed by atoms with Crippen LogP contribution in [0.5, 0.6) is 0 Å². The smallest absolute Gasteiger partial charge is 0.310 e. The summed E-state index contributed by atoms with van der Waals surface area (Å²) in [6.07, 6.45) is 2.23. The van der Waals surface area contributed by atoms with Gasteiger partial charge in [0, 0.05) is 17.0 Å². The molecule has 1 N–H and O–H groups in total. The van der Waals surface area contributed by atoms with Gasteiger partial charge < -0.3 is 10.1 Å². The molecule has 1 amide bonds. The third kappa shape index (κ3) is 4.84. The third-order valence-electron chi connectivity index (χ3n) is 4.65. The molecule has 1 saturated carbocycles. The molecule has 1 aliphatic rings. The Morgan fingerprint density at radius 3 is 2.55 bits per heavy atom. The second-order valence-electron chi connectivity index (χ2n) is 6.95. The molecule has 2 aromatic carbocycles. The van der Waals surface area contributed by atoms with Crippen molar-refractivity contribution in [2.24, 2.45) is 0 Å². The molecular weight excluding hydrogens is 390 g/mol. The van der Waals surface area contributed by atoms with Crippen LogP contribution < -0.4 is 5.32 Å². The zero-order valence-electron chi connectivity index (χ0n) is 15.7. The lowest BCUT2D eigenvalue weighted by Crippen LogP contribution is -2.23. The second kappa shape index (κ2) is 8.49. The first kappa shape index (κ1) is 19.2. The minimum Gasteiger partial charge on any atom is -0.455 e. The summed E-state index contributed by atoms with van der Waals surface area (Å²) < 4.78 is 6.81. The van der Waals surface area contributed by atoms with Crippen LogP contribution >= 0.6 is 11.6 Å². The predicted molar refractivity (Wildman–Crippen MR) is 110 cm³/mol. The minimum absolute atomic E-state index is 0.0146. The standard InChI is InChI=1S/C22H20ClN3O3/c23-18-9-5-4-6-16(18)12-22(28)29-14-21(27)24-20-13-19(15-10-11-15)25-26(20)17-7-2-1-3-8-17/h1-9,13,15H,10-12,14H2,(H,24,27). The van der Waals surface area contributed by atoms with Gasteiger partial charge in [0.15, 0.2) is 6.61 Å². The number of halogens is 1. The van der Waals surface area contributed by atoms with E-state index in [1.54, 1.807) is 28.9 Å². The second-order valence-corrected chi connectivity index (χ2v) is 7.36. The van der Waals surface area contributed by atoms with Crippen molar-refractivity contribution < 1.29 is 14.3 Å². The normalized spacial score (nSPS) is 13.1. The van der Waals surface area contributed by atoms with E-state index in [0.717, 1.165) is 24.2 Å². The summed E-state index contributed by atoms with van der Waals surface area (Å²) >= 11 is 6.05. The van der Waals surface area contributed by atoms with E-state index in [2.05, 4.69) is 10.4 Å². The summed E-state index contributed by atoms with van der Waals surface area (Å²) in [4.78, 5) is 24.4. The molecule has 7 heteroatoms. The first-order valence-electron chi connectivity index (χ1n) is 9.44. The minimum atomic E-state index is -0.511. The molecule has 1 aliphatic carbocycles. The molecule has 4 rings (SSSR count). The van der Waals surface area contributed by atoms with E-state index >= 15 is 0 Å². The summed E-state index contributed by atoms with van der Waals surface area (Å²) in [5.41, 5.74) is 2.47. The fourth-order valence-electron chi connectivity index (χ4n) is 3.01. The molecule has 0 bridgehead atoms. The number of carbonyl (C=O) groups excluding carboxylic acids is 2. The molecule has 0 radical (unpaired) electrons. The van der Waals surface area contributed by atoms with Gasteiger partial charge in [0.05, 0.1) is 17.8 Å². The summed E-state index contributed by atoms with van der Waals surface area (Å²) in [5, 5.41) is 7.93. The SMILES string of the molecule is O=C(COC(=O)Cc1ccccc1Cl)Nc1cc(C2CC2)nn1-c1ccccc1. The largest absolute Gasteiger partial charge is 0.455 e. The van der Waals surface area contributed by atoms with Gasteiger partial charge in [-0.15, -0.1) is 0 Å². The van der Waals surface area contributed by atoms with E-state index in [4.69, 9.17) is 16.3 Å². The Morgan fingerprint density at radius 1 is 1.10 bits per heavy atom. The van der Waals surface area contributed by atoms with Crippen molar-refractivity contribution in [3.63, 3.8) is 0 Å². The van der Waals surface area contributed by atoms with Crippen molar-refractivity contribution in [2.75, 3.05) is 11.9 Å². The average molecular weight is 410 g/mol. The van der Waals surface area contributed by atoms with E-state index in [1.807, 2.05) is 36.4 Å². The number of hydrogen-bond donors (Lipinski definition) is 1. The Balaban J connectivity index is 1.39. The predicted octanol–water partition coefficient (Wildman–Crippen LogP) is 4.13. The number of nitrogens with zero attached hydrogens (tertiary/aromatic N) is 2. The quantitative estimate of drug-likeness (QED) is 0.595. The number of rotatable bonds is 7. The molecule has 0 spiro atoms. The maximum atomic E-state index is 12.4. The van der Waals surface area contributed by atoms with E-state index in [9.17, 15) is 9.59 Å². The van der Waals surface area contributed by atoms with Gasteiger partial charge >= 0.3 is 5.97 Å². The summed E-state index contributed by atoms with van der Waals surface area (Å²) in [6.45, 7) is -0.373. The Hall–Kier alpha value is -3.12. The molecule has 29 heavy (non-hydrogen) atoms. The van der Waals surface area contributed by atoms with Gasteiger partial charge in [-0.05, 0) is 36.6 Å². The van der Waals surface area contributed by atoms with Crippen LogP contribution in [0.2, 0.25) is 5.02 Å². The molecule has 0 aliphatic heterocycles. The molecule has 0 saturated heterocycles. The summed E-state index contributed by atoms with van der Waals surface area (Å²) in [5.74, 6) is 0.0785. The van der Waals surface area contributed by atoms with Gasteiger partial charge in [0.1, 0.15) is 5.82 Å². The molecule has 0 atom stereocenters. The van der Waals surface area contributed by atoms with Gasteiger partial charge in [0.25, 0.3) is 5.91 Å². The lowest BCUT2D eigenvalue weighted by Gasteiger charge is -2.09. The summed E-state index contributed by atoms with van der Waals surface area (Å²) in [7, 11) is 0. The van der Waals surface area contributed by atoms with Crippen molar-refractivity contribution in [3.05, 3.63) is 76.9 Å². The van der Waals surface area contributed by atoms with Crippen molar-refractivity contribution in [3.8, 4) is 5.69 Å². The Morgan fingerprint density at radius 2 is 1.83 bits per heavy atom. The van der Waals surface area contributed by atoms with Crippen LogP contribution in [0.25, 0.3) is 5.69 Å². The number of para-hydroxylation sites is 1. The van der Waals surface area contributed by atoms with Crippen LogP contribution in [0.3, 0.4) is 0 Å².